The molecule has 0 aromatic heterocycles. The molecule has 6 rings (SSSR count). The van der Waals surface area contributed by atoms with Crippen molar-refractivity contribution in [3.63, 3.8) is 0 Å². The molecule has 3 saturated carbocycles. The summed E-state index contributed by atoms with van der Waals surface area (Å²) in [6.07, 6.45) is 9.42. The summed E-state index contributed by atoms with van der Waals surface area (Å²) in [5.74, 6) is 2.03. The van der Waals surface area contributed by atoms with Crippen molar-refractivity contribution in [1.82, 2.24) is 0 Å². The van der Waals surface area contributed by atoms with Crippen LogP contribution in [-0.2, 0) is 28.5 Å². The van der Waals surface area contributed by atoms with Crippen LogP contribution in [-0.4, -0.2) is 50.6 Å². The van der Waals surface area contributed by atoms with Crippen molar-refractivity contribution >= 4 is 12.3 Å². The number of aldehydes is 1. The first kappa shape index (κ1) is 26.7. The monoisotopic (exact) mass is 526 g/mol. The molecule has 12 atom stereocenters. The molecule has 6 aliphatic rings. The minimum absolute atomic E-state index is 0.0305. The van der Waals surface area contributed by atoms with Crippen LogP contribution in [0.1, 0.15) is 66.7 Å². The number of rotatable bonds is 8. The van der Waals surface area contributed by atoms with E-state index in [4.69, 9.17) is 18.9 Å². The second kappa shape index (κ2) is 9.27. The van der Waals surface area contributed by atoms with E-state index in [2.05, 4.69) is 47.3 Å². The van der Waals surface area contributed by atoms with Crippen LogP contribution in [0.3, 0.4) is 0 Å². The molecular weight excluding hydrogens is 480 g/mol. The van der Waals surface area contributed by atoms with Crippen LogP contribution < -0.4 is 0 Å². The number of hydrogen-bond donors (Lipinski definition) is 0. The smallest absolute Gasteiger partial charge is 0.318 e. The normalized spacial score (nSPS) is 50.5. The Hall–Kier alpha value is -1.50. The summed E-state index contributed by atoms with van der Waals surface area (Å²) in [4.78, 5) is 27.9. The van der Waals surface area contributed by atoms with Crippen molar-refractivity contribution in [2.75, 3.05) is 19.8 Å². The summed E-state index contributed by atoms with van der Waals surface area (Å²) in [6, 6.07) is 0. The largest absolute Gasteiger partial charge is 0.461 e. The number of fused-ring (bicyclic) bond motifs is 3. The lowest BCUT2D eigenvalue weighted by Crippen LogP contribution is -2.64. The van der Waals surface area contributed by atoms with Gasteiger partial charge in [-0.25, -0.2) is 0 Å². The Balaban J connectivity index is 1.41. The summed E-state index contributed by atoms with van der Waals surface area (Å²) in [5.41, 5.74) is -1.16. The fourth-order valence-corrected chi connectivity index (χ4v) is 10.5. The van der Waals surface area contributed by atoms with Gasteiger partial charge in [0.1, 0.15) is 18.3 Å². The molecule has 6 heteroatoms. The van der Waals surface area contributed by atoms with Crippen LogP contribution in [0, 0.1) is 57.7 Å². The van der Waals surface area contributed by atoms with Gasteiger partial charge in [-0.15, -0.1) is 0 Å². The molecule has 2 saturated heterocycles. The van der Waals surface area contributed by atoms with Crippen molar-refractivity contribution < 1.29 is 28.5 Å². The van der Waals surface area contributed by atoms with Crippen LogP contribution in [0.15, 0.2) is 24.3 Å². The van der Waals surface area contributed by atoms with Gasteiger partial charge in [-0.3, -0.25) is 4.79 Å². The van der Waals surface area contributed by atoms with Gasteiger partial charge in [0.25, 0.3) is 0 Å². The topological polar surface area (TPSA) is 71.1 Å². The molecule has 0 spiro atoms. The second-order valence-corrected chi connectivity index (χ2v) is 13.8. The molecule has 0 aromatic carbocycles. The molecule has 4 aliphatic carbocycles. The van der Waals surface area contributed by atoms with Crippen LogP contribution in [0.4, 0.5) is 0 Å². The Morgan fingerprint density at radius 2 is 1.97 bits per heavy atom. The van der Waals surface area contributed by atoms with E-state index in [1.165, 1.54) is 6.29 Å². The Kier molecular flexibility index (Phi) is 6.52. The number of esters is 1. The summed E-state index contributed by atoms with van der Waals surface area (Å²) in [7, 11) is 0. The summed E-state index contributed by atoms with van der Waals surface area (Å²) >= 11 is 0. The lowest BCUT2D eigenvalue weighted by atomic mass is 9.43. The van der Waals surface area contributed by atoms with Gasteiger partial charge in [0.15, 0.2) is 6.29 Å². The lowest BCUT2D eigenvalue weighted by Gasteiger charge is -2.59. The van der Waals surface area contributed by atoms with Crippen LogP contribution in [0.25, 0.3) is 0 Å². The third-order valence-electron chi connectivity index (χ3n) is 12.0. The van der Waals surface area contributed by atoms with Crippen LogP contribution in [0.2, 0.25) is 0 Å². The first-order chi connectivity index (χ1) is 18.2. The number of hydrogen-bond acceptors (Lipinski definition) is 6. The zero-order valence-corrected chi connectivity index (χ0v) is 23.8. The molecule has 38 heavy (non-hydrogen) atoms. The highest BCUT2D eigenvalue weighted by Gasteiger charge is 2.84. The van der Waals surface area contributed by atoms with Gasteiger partial charge in [-0.1, -0.05) is 58.4 Å². The van der Waals surface area contributed by atoms with Crippen molar-refractivity contribution in [1.29, 1.82) is 0 Å². The summed E-state index contributed by atoms with van der Waals surface area (Å²) in [6.45, 7) is 16.1. The van der Waals surface area contributed by atoms with Crippen LogP contribution >= 0.6 is 0 Å². The summed E-state index contributed by atoms with van der Waals surface area (Å²) in [5, 5.41) is 0. The summed E-state index contributed by atoms with van der Waals surface area (Å²) < 4.78 is 25.1. The zero-order valence-electron chi connectivity index (χ0n) is 23.8. The van der Waals surface area contributed by atoms with E-state index in [9.17, 15) is 9.59 Å². The molecule has 0 unspecified atom stereocenters. The maximum absolute atomic E-state index is 14.5. The maximum Gasteiger partial charge on any atom is 0.318 e. The Morgan fingerprint density at radius 3 is 2.68 bits per heavy atom. The van der Waals surface area contributed by atoms with Crippen molar-refractivity contribution in [2.24, 2.45) is 57.7 Å². The maximum atomic E-state index is 14.5. The number of ether oxygens (including phenoxy) is 4. The standard InChI is InChI=1S/C32H46O6/c1-7-10-35-29(34)32-26(18(2)3)11-22-13-30(32,16-33)25-9-8-19(4)24(25)14-31(22,32)17-37-27-12-23-20(5)15-36-28(23)21(6)38-27/h7,11,16,18-25,27-28H,1,8-10,12-15,17H2,2-6H3/t19-,20+,21-,22-,23-,24-,25-,27-,28-,30+,31+,32+/m1/s1. The zero-order chi connectivity index (χ0) is 27.0. The van der Waals surface area contributed by atoms with E-state index < -0.39 is 16.2 Å². The van der Waals surface area contributed by atoms with Gasteiger partial charge < -0.3 is 23.7 Å². The molecule has 5 fully saturated rings. The third kappa shape index (κ3) is 3.23. The van der Waals surface area contributed by atoms with Gasteiger partial charge in [0.05, 0.1) is 30.8 Å². The molecule has 0 N–H and O–H groups in total. The Morgan fingerprint density at radius 1 is 1.18 bits per heavy atom. The molecular formula is C32H46O6. The lowest BCUT2D eigenvalue weighted by molar-refractivity contribution is -0.251. The predicted octanol–water partition coefficient (Wildman–Crippen LogP) is 5.36. The molecule has 210 valence electrons. The highest BCUT2D eigenvalue weighted by molar-refractivity contribution is 5.91. The molecule has 2 aliphatic heterocycles. The van der Waals surface area contributed by atoms with Gasteiger partial charge >= 0.3 is 5.97 Å². The molecule has 2 heterocycles. The van der Waals surface area contributed by atoms with Gasteiger partial charge in [0.2, 0.25) is 0 Å². The molecule has 0 amide bonds. The Labute approximate surface area is 227 Å². The minimum atomic E-state index is -0.999. The number of carbonyl (C=O) groups is 2. The van der Waals surface area contributed by atoms with Crippen LogP contribution in [0.5, 0.6) is 0 Å². The number of allylic oxidation sites excluding steroid dienone is 1. The molecule has 4 bridgehead atoms. The molecule has 6 nitrogen and oxygen atoms in total. The minimum Gasteiger partial charge on any atom is -0.461 e. The third-order valence-corrected chi connectivity index (χ3v) is 12.0. The highest BCUT2D eigenvalue weighted by Crippen LogP contribution is 2.82. The van der Waals surface area contributed by atoms with E-state index >= 15 is 0 Å². The fraction of sp³-hybridized carbons (Fsp3) is 0.812. The van der Waals surface area contributed by atoms with E-state index in [0.717, 1.165) is 37.9 Å². The predicted molar refractivity (Wildman–Crippen MR) is 143 cm³/mol. The number of carbonyl (C=O) groups excluding carboxylic acids is 2. The van der Waals surface area contributed by atoms with E-state index in [1.54, 1.807) is 6.08 Å². The average Bonchev–Trinajstić information content (AvgIpc) is 3.58. The fourth-order valence-electron chi connectivity index (χ4n) is 10.5. The molecule has 0 aromatic rings. The Bertz CT molecular complexity index is 1020. The van der Waals surface area contributed by atoms with Crippen molar-refractivity contribution in [3.8, 4) is 0 Å². The van der Waals surface area contributed by atoms with Crippen molar-refractivity contribution in [3.05, 3.63) is 24.3 Å². The quantitative estimate of drug-likeness (QED) is 0.241. The van der Waals surface area contributed by atoms with E-state index in [-0.39, 0.29) is 48.8 Å². The highest BCUT2D eigenvalue weighted by atomic mass is 16.7. The van der Waals surface area contributed by atoms with Gasteiger partial charge in [-0.2, -0.15) is 0 Å². The van der Waals surface area contributed by atoms with Gasteiger partial charge in [0, 0.05) is 11.8 Å². The SMILES string of the molecule is C=CCOC(=O)[C@@]12C(C(C)C)=C[C@@H]3C[C@]1(C=O)[C@@H]1CC[C@@H](C)[C@H]1C[C@]32CO[C@H]1C[C@H]2[C@H](OC[C@@H]2C)[C@@H](C)O1. The second-order valence-electron chi connectivity index (χ2n) is 13.8. The molecule has 0 radical (unpaired) electrons. The van der Waals surface area contributed by atoms with Crippen molar-refractivity contribution in [2.45, 2.75) is 85.2 Å². The first-order valence-corrected chi connectivity index (χ1v) is 15.0. The van der Waals surface area contributed by atoms with Gasteiger partial charge in [-0.05, 0) is 67.6 Å². The first-order valence-electron chi connectivity index (χ1n) is 15.0. The van der Waals surface area contributed by atoms with E-state index in [1.807, 2.05) is 0 Å². The average molecular weight is 527 g/mol. The van der Waals surface area contributed by atoms with E-state index in [0.29, 0.717) is 36.7 Å².